The Morgan fingerprint density at radius 3 is 2.62 bits per heavy atom. The molecule has 1 aliphatic rings. The van der Waals surface area contributed by atoms with Gasteiger partial charge in [0.1, 0.15) is 23.4 Å². The van der Waals surface area contributed by atoms with Crippen LogP contribution in [0.1, 0.15) is 18.0 Å². The predicted molar refractivity (Wildman–Crippen MR) is 106 cm³/mol. The minimum absolute atomic E-state index is 0.0620. The second-order valence-corrected chi connectivity index (χ2v) is 7.11. The zero-order chi connectivity index (χ0) is 23.0. The van der Waals surface area contributed by atoms with Crippen molar-refractivity contribution >= 4 is 23.3 Å². The van der Waals surface area contributed by atoms with Gasteiger partial charge in [-0.15, -0.1) is 13.2 Å². The molecular weight excluding hydrogens is 432 g/mol. The topological polar surface area (TPSA) is 85.2 Å². The Morgan fingerprint density at radius 1 is 1.22 bits per heavy atom. The van der Waals surface area contributed by atoms with Gasteiger partial charge in [0.15, 0.2) is 0 Å². The van der Waals surface area contributed by atoms with E-state index in [1.54, 1.807) is 6.92 Å². The normalized spacial score (nSPS) is 15.7. The number of ether oxygens (including phenoxy) is 1. The fraction of sp³-hybridized carbons (Fsp3) is 0.190. The molecule has 3 aromatic rings. The lowest BCUT2D eigenvalue weighted by Gasteiger charge is -2.24. The number of nitrogens with one attached hydrogen (secondary N) is 2. The van der Waals surface area contributed by atoms with Crippen LogP contribution in [0.5, 0.6) is 5.75 Å². The standard InChI is InChI=1S/C21H16F4N4O3/c1-11-18(12-5-7-13(22)8-6-12)28-29-16(10-17(30)27-19(11)29)20(31)26-14-3-2-4-15(9-14)32-21(23,24)25/h2-9,16H,10H2,1H3,(H,26,31)(H,27,30). The Kier molecular flexibility index (Phi) is 5.33. The molecule has 166 valence electrons. The molecule has 0 radical (unpaired) electrons. The van der Waals surface area contributed by atoms with Gasteiger partial charge in [0, 0.05) is 22.9 Å². The van der Waals surface area contributed by atoms with Crippen molar-refractivity contribution in [2.45, 2.75) is 25.7 Å². The predicted octanol–water partition coefficient (Wildman–Crippen LogP) is 4.42. The Hall–Kier alpha value is -3.89. The lowest BCUT2D eigenvalue weighted by molar-refractivity contribution is -0.274. The maximum absolute atomic E-state index is 13.3. The molecule has 2 amide bonds. The molecule has 0 saturated heterocycles. The summed E-state index contributed by atoms with van der Waals surface area (Å²) in [7, 11) is 0. The first-order chi connectivity index (χ1) is 15.1. The minimum Gasteiger partial charge on any atom is -0.406 e. The number of nitrogens with zero attached hydrogens (tertiary/aromatic N) is 2. The van der Waals surface area contributed by atoms with Crippen LogP contribution in [-0.2, 0) is 9.59 Å². The third-order valence-electron chi connectivity index (χ3n) is 4.83. The SMILES string of the molecule is Cc1c(-c2ccc(F)cc2)nn2c1NC(=O)CC2C(=O)Nc1cccc(OC(F)(F)F)c1. The maximum atomic E-state index is 13.3. The number of amides is 2. The largest absolute Gasteiger partial charge is 0.573 e. The van der Waals surface area contributed by atoms with Crippen LogP contribution in [0.4, 0.5) is 29.1 Å². The number of carbonyl (C=O) groups is 2. The van der Waals surface area contributed by atoms with Gasteiger partial charge in [-0.05, 0) is 43.3 Å². The number of carbonyl (C=O) groups excluding carboxylic acids is 2. The number of aromatic nitrogens is 2. The molecule has 2 N–H and O–H groups in total. The summed E-state index contributed by atoms with van der Waals surface area (Å²) in [5.41, 5.74) is 1.70. The van der Waals surface area contributed by atoms with Gasteiger partial charge in [-0.3, -0.25) is 9.59 Å². The van der Waals surface area contributed by atoms with E-state index in [0.717, 1.165) is 12.1 Å². The summed E-state index contributed by atoms with van der Waals surface area (Å²) >= 11 is 0. The highest BCUT2D eigenvalue weighted by molar-refractivity contribution is 6.02. The summed E-state index contributed by atoms with van der Waals surface area (Å²) in [4.78, 5) is 25.1. The maximum Gasteiger partial charge on any atom is 0.573 e. The number of hydrogen-bond donors (Lipinski definition) is 2. The van der Waals surface area contributed by atoms with Gasteiger partial charge < -0.3 is 15.4 Å². The number of benzene rings is 2. The van der Waals surface area contributed by atoms with Crippen molar-refractivity contribution < 1.29 is 31.9 Å². The van der Waals surface area contributed by atoms with Gasteiger partial charge in [0.2, 0.25) is 11.8 Å². The summed E-state index contributed by atoms with van der Waals surface area (Å²) in [6, 6.07) is 9.36. The van der Waals surface area contributed by atoms with Crippen LogP contribution in [0.25, 0.3) is 11.3 Å². The van der Waals surface area contributed by atoms with Crippen molar-refractivity contribution in [3.63, 3.8) is 0 Å². The molecule has 11 heteroatoms. The van der Waals surface area contributed by atoms with Crippen LogP contribution in [-0.4, -0.2) is 28.0 Å². The van der Waals surface area contributed by atoms with Gasteiger partial charge in [-0.25, -0.2) is 9.07 Å². The molecule has 0 bridgehead atoms. The number of hydrogen-bond acceptors (Lipinski definition) is 4. The van der Waals surface area contributed by atoms with E-state index in [0.29, 0.717) is 22.6 Å². The molecule has 0 spiro atoms. The molecule has 2 aromatic carbocycles. The second-order valence-electron chi connectivity index (χ2n) is 7.11. The van der Waals surface area contributed by atoms with Gasteiger partial charge >= 0.3 is 6.36 Å². The van der Waals surface area contributed by atoms with Crippen molar-refractivity contribution in [3.05, 3.63) is 59.9 Å². The fourth-order valence-corrected chi connectivity index (χ4v) is 3.42. The van der Waals surface area contributed by atoms with Crippen LogP contribution < -0.4 is 15.4 Å². The second kappa shape index (κ2) is 7.98. The van der Waals surface area contributed by atoms with Crippen molar-refractivity contribution in [2.24, 2.45) is 0 Å². The first-order valence-electron chi connectivity index (χ1n) is 9.42. The average Bonchev–Trinajstić information content (AvgIpc) is 3.03. The lowest BCUT2D eigenvalue weighted by atomic mass is 10.1. The molecule has 1 atom stereocenters. The smallest absolute Gasteiger partial charge is 0.406 e. The van der Waals surface area contributed by atoms with Gasteiger partial charge in [0.05, 0.1) is 12.1 Å². The van der Waals surface area contributed by atoms with Crippen LogP contribution in [0.15, 0.2) is 48.5 Å². The monoisotopic (exact) mass is 448 g/mol. The molecule has 0 aliphatic carbocycles. The number of fused-ring (bicyclic) bond motifs is 1. The van der Waals surface area contributed by atoms with Gasteiger partial charge in [-0.1, -0.05) is 6.07 Å². The Balaban J connectivity index is 1.62. The van der Waals surface area contributed by atoms with Crippen LogP contribution in [0.2, 0.25) is 0 Å². The van der Waals surface area contributed by atoms with Crippen molar-refractivity contribution in [3.8, 4) is 17.0 Å². The molecule has 7 nitrogen and oxygen atoms in total. The molecule has 1 aliphatic heterocycles. The Labute approximate surface area is 179 Å². The van der Waals surface area contributed by atoms with Crippen molar-refractivity contribution in [2.75, 3.05) is 10.6 Å². The van der Waals surface area contributed by atoms with E-state index in [-0.39, 0.29) is 12.1 Å². The van der Waals surface area contributed by atoms with E-state index in [1.807, 2.05) is 0 Å². The fourth-order valence-electron chi connectivity index (χ4n) is 3.42. The third kappa shape index (κ3) is 4.41. The van der Waals surface area contributed by atoms with Crippen molar-refractivity contribution in [1.29, 1.82) is 0 Å². The Morgan fingerprint density at radius 2 is 1.94 bits per heavy atom. The van der Waals surface area contributed by atoms with Crippen LogP contribution in [0.3, 0.4) is 0 Å². The van der Waals surface area contributed by atoms with Gasteiger partial charge in [0.25, 0.3) is 0 Å². The van der Waals surface area contributed by atoms with E-state index >= 15 is 0 Å². The molecule has 0 saturated carbocycles. The number of anilines is 2. The molecule has 2 heterocycles. The van der Waals surface area contributed by atoms with E-state index in [2.05, 4.69) is 20.5 Å². The molecule has 1 unspecified atom stereocenters. The highest BCUT2D eigenvalue weighted by Crippen LogP contribution is 2.35. The quantitative estimate of drug-likeness (QED) is 0.579. The average molecular weight is 448 g/mol. The van der Waals surface area contributed by atoms with Gasteiger partial charge in [-0.2, -0.15) is 5.10 Å². The summed E-state index contributed by atoms with van der Waals surface area (Å²) in [5.74, 6) is -1.66. The zero-order valence-electron chi connectivity index (χ0n) is 16.5. The summed E-state index contributed by atoms with van der Waals surface area (Å²) in [5, 5.41) is 9.61. The molecule has 0 fully saturated rings. The minimum atomic E-state index is -4.87. The highest BCUT2D eigenvalue weighted by atomic mass is 19.4. The van der Waals surface area contributed by atoms with E-state index < -0.39 is 35.8 Å². The third-order valence-corrected chi connectivity index (χ3v) is 4.83. The van der Waals surface area contributed by atoms with Crippen LogP contribution in [0, 0.1) is 12.7 Å². The summed E-state index contributed by atoms with van der Waals surface area (Å²) < 4.78 is 55.8. The molecule has 1 aromatic heterocycles. The summed E-state index contributed by atoms with van der Waals surface area (Å²) in [6.07, 6.45) is -5.09. The zero-order valence-corrected chi connectivity index (χ0v) is 16.5. The lowest BCUT2D eigenvalue weighted by Crippen LogP contribution is -2.36. The molecule has 32 heavy (non-hydrogen) atoms. The first-order valence-corrected chi connectivity index (χ1v) is 9.42. The van der Waals surface area contributed by atoms with Crippen molar-refractivity contribution in [1.82, 2.24) is 9.78 Å². The number of halogens is 4. The number of rotatable bonds is 4. The van der Waals surface area contributed by atoms with E-state index in [1.165, 1.54) is 41.1 Å². The Bertz CT molecular complexity index is 1190. The molecule has 4 rings (SSSR count). The summed E-state index contributed by atoms with van der Waals surface area (Å²) in [6.45, 7) is 1.70. The van der Waals surface area contributed by atoms with E-state index in [4.69, 9.17) is 0 Å². The highest BCUT2D eigenvalue weighted by Gasteiger charge is 2.34. The first kappa shape index (κ1) is 21.3. The van der Waals surface area contributed by atoms with Crippen LogP contribution >= 0.6 is 0 Å². The number of alkyl halides is 3. The molecular formula is C21H16F4N4O3. The van der Waals surface area contributed by atoms with E-state index in [9.17, 15) is 27.2 Å².